The van der Waals surface area contributed by atoms with E-state index in [1.165, 1.54) is 43.5 Å². The number of Topliss-reactive ketones (excluding diaryl/α,β-unsaturated/α-hetero) is 1. The van der Waals surface area contributed by atoms with Gasteiger partial charge in [0.25, 0.3) is 0 Å². The minimum Gasteiger partial charge on any atom is -0.299 e. The summed E-state index contributed by atoms with van der Waals surface area (Å²) in [6.07, 6.45) is 3.81. The Morgan fingerprint density at radius 1 is 1.14 bits per heavy atom. The molecule has 1 aromatic carbocycles. The van der Waals surface area contributed by atoms with Gasteiger partial charge in [0.1, 0.15) is 0 Å². The second kappa shape index (κ2) is 6.29. The van der Waals surface area contributed by atoms with Crippen molar-refractivity contribution in [1.82, 2.24) is 9.80 Å². The Hall–Kier alpha value is -1.19. The standard InChI is InChI=1S/C18H26N2O/c1-14-6-7-16(11-15(14)2)18(21)13-19-8-4-10-20-9-3-5-17(20)12-19/h6-7,11,17H,3-5,8-10,12-13H2,1-2H3. The van der Waals surface area contributed by atoms with Crippen molar-refractivity contribution in [3.05, 3.63) is 34.9 Å². The molecule has 0 spiro atoms. The molecule has 0 aromatic heterocycles. The molecule has 0 saturated carbocycles. The molecule has 0 N–H and O–H groups in total. The normalized spacial score (nSPS) is 23.8. The zero-order chi connectivity index (χ0) is 14.8. The number of carbonyl (C=O) groups is 1. The number of ketones is 1. The van der Waals surface area contributed by atoms with Crippen LogP contribution in [0.15, 0.2) is 18.2 Å². The van der Waals surface area contributed by atoms with Crippen LogP contribution in [0.2, 0.25) is 0 Å². The maximum atomic E-state index is 12.5. The molecule has 0 amide bonds. The molecule has 2 aliphatic rings. The second-order valence-electron chi connectivity index (χ2n) is 6.64. The summed E-state index contributed by atoms with van der Waals surface area (Å²) in [4.78, 5) is 17.5. The highest BCUT2D eigenvalue weighted by molar-refractivity contribution is 5.97. The van der Waals surface area contributed by atoms with Gasteiger partial charge >= 0.3 is 0 Å². The van der Waals surface area contributed by atoms with Crippen LogP contribution in [0.1, 0.15) is 40.7 Å². The summed E-state index contributed by atoms with van der Waals surface area (Å²) in [7, 11) is 0. The first-order valence-electron chi connectivity index (χ1n) is 8.20. The van der Waals surface area contributed by atoms with E-state index in [2.05, 4.69) is 29.7 Å². The van der Waals surface area contributed by atoms with Crippen LogP contribution < -0.4 is 0 Å². The van der Waals surface area contributed by atoms with Gasteiger partial charge in [-0.05, 0) is 69.9 Å². The molecule has 2 fully saturated rings. The van der Waals surface area contributed by atoms with Gasteiger partial charge in [0, 0.05) is 18.2 Å². The average molecular weight is 286 g/mol. The number of hydrogen-bond acceptors (Lipinski definition) is 3. The van der Waals surface area contributed by atoms with Crippen molar-refractivity contribution in [2.45, 2.75) is 39.2 Å². The number of hydrogen-bond donors (Lipinski definition) is 0. The van der Waals surface area contributed by atoms with Crippen molar-refractivity contribution < 1.29 is 4.79 Å². The van der Waals surface area contributed by atoms with Crippen LogP contribution in [-0.2, 0) is 0 Å². The van der Waals surface area contributed by atoms with Crippen molar-refractivity contribution in [1.29, 1.82) is 0 Å². The van der Waals surface area contributed by atoms with Crippen LogP contribution in [0, 0.1) is 13.8 Å². The molecule has 0 aliphatic carbocycles. The summed E-state index contributed by atoms with van der Waals surface area (Å²) >= 11 is 0. The first-order valence-corrected chi connectivity index (χ1v) is 8.20. The molecule has 2 aliphatic heterocycles. The lowest BCUT2D eigenvalue weighted by atomic mass is 10.0. The van der Waals surface area contributed by atoms with E-state index in [1.54, 1.807) is 0 Å². The highest BCUT2D eigenvalue weighted by atomic mass is 16.1. The van der Waals surface area contributed by atoms with Gasteiger partial charge in [0.2, 0.25) is 0 Å². The third kappa shape index (κ3) is 3.35. The van der Waals surface area contributed by atoms with Gasteiger partial charge in [-0.3, -0.25) is 14.6 Å². The molecule has 21 heavy (non-hydrogen) atoms. The lowest BCUT2D eigenvalue weighted by molar-refractivity contribution is 0.0925. The Morgan fingerprint density at radius 3 is 2.76 bits per heavy atom. The van der Waals surface area contributed by atoms with Gasteiger partial charge in [0.15, 0.2) is 5.78 Å². The second-order valence-corrected chi connectivity index (χ2v) is 6.64. The smallest absolute Gasteiger partial charge is 0.176 e. The topological polar surface area (TPSA) is 23.6 Å². The van der Waals surface area contributed by atoms with Gasteiger partial charge in [-0.2, -0.15) is 0 Å². The number of aryl methyl sites for hydroxylation is 2. The maximum absolute atomic E-state index is 12.5. The molecular weight excluding hydrogens is 260 g/mol. The molecule has 1 unspecified atom stereocenters. The minimum atomic E-state index is 0.268. The van der Waals surface area contributed by atoms with Gasteiger partial charge in [0.05, 0.1) is 6.54 Å². The van der Waals surface area contributed by atoms with Crippen LogP contribution in [-0.4, -0.2) is 54.3 Å². The number of rotatable bonds is 3. The van der Waals surface area contributed by atoms with Gasteiger partial charge in [-0.25, -0.2) is 0 Å². The summed E-state index contributed by atoms with van der Waals surface area (Å²) in [5, 5.41) is 0. The monoisotopic (exact) mass is 286 g/mol. The van der Waals surface area contributed by atoms with E-state index >= 15 is 0 Å². The summed E-state index contributed by atoms with van der Waals surface area (Å²) < 4.78 is 0. The van der Waals surface area contributed by atoms with E-state index in [0.717, 1.165) is 18.7 Å². The van der Waals surface area contributed by atoms with E-state index in [9.17, 15) is 4.79 Å². The predicted molar refractivity (Wildman–Crippen MR) is 85.9 cm³/mol. The quantitative estimate of drug-likeness (QED) is 0.798. The zero-order valence-electron chi connectivity index (χ0n) is 13.3. The minimum absolute atomic E-state index is 0.268. The molecule has 3 rings (SSSR count). The maximum Gasteiger partial charge on any atom is 0.176 e. The molecule has 0 radical (unpaired) electrons. The molecule has 3 nitrogen and oxygen atoms in total. The van der Waals surface area contributed by atoms with Gasteiger partial charge < -0.3 is 0 Å². The summed E-state index contributed by atoms with van der Waals surface area (Å²) in [6, 6.07) is 6.76. The van der Waals surface area contributed by atoms with Gasteiger partial charge in [-0.1, -0.05) is 12.1 Å². The Balaban J connectivity index is 1.64. The number of nitrogens with zero attached hydrogens (tertiary/aromatic N) is 2. The lowest BCUT2D eigenvalue weighted by Gasteiger charge is -2.25. The van der Waals surface area contributed by atoms with Crippen LogP contribution >= 0.6 is 0 Å². The largest absolute Gasteiger partial charge is 0.299 e. The van der Waals surface area contributed by atoms with Crippen molar-refractivity contribution in [3.8, 4) is 0 Å². The molecule has 2 heterocycles. The highest BCUT2D eigenvalue weighted by Gasteiger charge is 2.29. The lowest BCUT2D eigenvalue weighted by Crippen LogP contribution is -2.38. The molecule has 0 bridgehead atoms. The fraction of sp³-hybridized carbons (Fsp3) is 0.611. The van der Waals surface area contributed by atoms with Crippen molar-refractivity contribution in [2.24, 2.45) is 0 Å². The Labute approximate surface area is 127 Å². The Morgan fingerprint density at radius 2 is 1.95 bits per heavy atom. The van der Waals surface area contributed by atoms with E-state index in [0.29, 0.717) is 12.6 Å². The van der Waals surface area contributed by atoms with Crippen LogP contribution in [0.3, 0.4) is 0 Å². The number of carbonyl (C=O) groups excluding carboxylic acids is 1. The molecule has 1 atom stereocenters. The Kier molecular flexibility index (Phi) is 4.41. The van der Waals surface area contributed by atoms with Crippen molar-refractivity contribution in [2.75, 3.05) is 32.7 Å². The molecule has 114 valence electrons. The van der Waals surface area contributed by atoms with Crippen molar-refractivity contribution >= 4 is 5.78 Å². The molecule has 3 heteroatoms. The van der Waals surface area contributed by atoms with Crippen LogP contribution in [0.5, 0.6) is 0 Å². The fourth-order valence-electron chi connectivity index (χ4n) is 3.64. The molecule has 1 aromatic rings. The van der Waals surface area contributed by atoms with E-state index < -0.39 is 0 Å². The highest BCUT2D eigenvalue weighted by Crippen LogP contribution is 2.21. The first kappa shape index (κ1) is 14.7. The molecular formula is C18H26N2O. The van der Waals surface area contributed by atoms with Gasteiger partial charge in [-0.15, -0.1) is 0 Å². The Bertz CT molecular complexity index is 526. The zero-order valence-corrected chi connectivity index (χ0v) is 13.3. The van der Waals surface area contributed by atoms with E-state index in [-0.39, 0.29) is 5.78 Å². The van der Waals surface area contributed by atoms with Crippen LogP contribution in [0.4, 0.5) is 0 Å². The summed E-state index contributed by atoms with van der Waals surface area (Å²) in [6.45, 7) is 9.33. The number of benzene rings is 1. The van der Waals surface area contributed by atoms with Crippen LogP contribution in [0.25, 0.3) is 0 Å². The first-order chi connectivity index (χ1) is 10.1. The summed E-state index contributed by atoms with van der Waals surface area (Å²) in [5.74, 6) is 0.268. The number of fused-ring (bicyclic) bond motifs is 1. The predicted octanol–water partition coefficient (Wildman–Crippen LogP) is 2.66. The summed E-state index contributed by atoms with van der Waals surface area (Å²) in [5.41, 5.74) is 3.33. The third-order valence-corrected chi connectivity index (χ3v) is 5.08. The van der Waals surface area contributed by atoms with E-state index in [1.807, 2.05) is 12.1 Å². The average Bonchev–Trinajstić information content (AvgIpc) is 2.80. The SMILES string of the molecule is Cc1ccc(C(=O)CN2CCCN3CCCC3C2)cc1C. The van der Waals surface area contributed by atoms with Crippen molar-refractivity contribution in [3.63, 3.8) is 0 Å². The molecule has 2 saturated heterocycles. The fourth-order valence-corrected chi connectivity index (χ4v) is 3.64. The third-order valence-electron chi connectivity index (χ3n) is 5.08. The van der Waals surface area contributed by atoms with E-state index in [4.69, 9.17) is 0 Å².